The molecule has 0 fully saturated rings. The Bertz CT molecular complexity index is 3160. The molecule has 6 heteroatoms. The Balaban J connectivity index is 1.11. The van der Waals surface area contributed by atoms with Gasteiger partial charge < -0.3 is 4.42 Å². The fourth-order valence-electron chi connectivity index (χ4n) is 7.37. The molecule has 0 atom stereocenters. The number of para-hydroxylation sites is 2. The SMILES string of the molecule is c1ccc(-c2nc(-c3ccc4sc5c(-c6cccc7c6oc6ccccc67)cccc5c4c3)nc(-c3cccc4c3sc3ccccc34)n2)cc1. The Hall–Kier alpha value is -6.21. The largest absolute Gasteiger partial charge is 0.455 e. The molecular weight excluding hydrogens is 663 g/mol. The molecule has 4 nitrogen and oxygen atoms in total. The van der Waals surface area contributed by atoms with Gasteiger partial charge in [-0.1, -0.05) is 115 Å². The number of aromatic nitrogens is 3. The second-order valence-electron chi connectivity index (χ2n) is 12.7. The van der Waals surface area contributed by atoms with E-state index in [-0.39, 0.29) is 0 Å². The van der Waals surface area contributed by atoms with Crippen LogP contribution in [0.15, 0.2) is 156 Å². The zero-order chi connectivity index (χ0) is 33.5. The first-order valence-corrected chi connectivity index (χ1v) is 18.5. The number of hydrogen-bond donors (Lipinski definition) is 0. The molecule has 0 aliphatic rings. The van der Waals surface area contributed by atoms with E-state index >= 15 is 0 Å². The normalized spacial score (nSPS) is 11.9. The Morgan fingerprint density at radius 3 is 1.80 bits per heavy atom. The van der Waals surface area contributed by atoms with Crippen LogP contribution in [0.1, 0.15) is 0 Å². The van der Waals surface area contributed by atoms with E-state index in [0.717, 1.165) is 44.2 Å². The van der Waals surface area contributed by atoms with Gasteiger partial charge in [0.05, 0.1) is 0 Å². The van der Waals surface area contributed by atoms with Crippen molar-refractivity contribution in [2.24, 2.45) is 0 Å². The van der Waals surface area contributed by atoms with E-state index < -0.39 is 0 Å². The zero-order valence-corrected chi connectivity index (χ0v) is 28.6. The minimum atomic E-state index is 0.654. The number of furan rings is 1. The number of hydrogen-bond acceptors (Lipinski definition) is 6. The highest BCUT2D eigenvalue weighted by Crippen LogP contribution is 2.45. The number of fused-ring (bicyclic) bond motifs is 9. The summed E-state index contributed by atoms with van der Waals surface area (Å²) >= 11 is 3.60. The van der Waals surface area contributed by atoms with E-state index in [1.54, 1.807) is 11.3 Å². The van der Waals surface area contributed by atoms with Gasteiger partial charge in [0.1, 0.15) is 11.2 Å². The predicted molar refractivity (Wildman–Crippen MR) is 215 cm³/mol. The van der Waals surface area contributed by atoms with E-state index in [4.69, 9.17) is 19.4 Å². The highest BCUT2D eigenvalue weighted by molar-refractivity contribution is 7.26. The van der Waals surface area contributed by atoms with Crippen molar-refractivity contribution in [2.75, 3.05) is 0 Å². The summed E-state index contributed by atoms with van der Waals surface area (Å²) in [6.45, 7) is 0. The number of nitrogens with zero attached hydrogens (tertiary/aromatic N) is 3. The summed E-state index contributed by atoms with van der Waals surface area (Å²) in [5.41, 5.74) is 7.03. The van der Waals surface area contributed by atoms with Crippen LogP contribution in [0, 0.1) is 0 Å². The molecule has 0 aliphatic heterocycles. The maximum Gasteiger partial charge on any atom is 0.165 e. The van der Waals surface area contributed by atoms with Crippen LogP contribution in [0.3, 0.4) is 0 Å². The first-order valence-electron chi connectivity index (χ1n) is 16.9. The molecule has 0 saturated heterocycles. The van der Waals surface area contributed by atoms with Crippen molar-refractivity contribution in [2.45, 2.75) is 0 Å². The van der Waals surface area contributed by atoms with Crippen molar-refractivity contribution in [1.29, 1.82) is 0 Å². The summed E-state index contributed by atoms with van der Waals surface area (Å²) < 4.78 is 11.3. The number of benzene rings is 7. The molecule has 0 bridgehead atoms. The van der Waals surface area contributed by atoms with Crippen LogP contribution in [0.25, 0.3) is 108 Å². The Morgan fingerprint density at radius 2 is 0.961 bits per heavy atom. The lowest BCUT2D eigenvalue weighted by molar-refractivity contribution is 0.670. The van der Waals surface area contributed by atoms with Crippen molar-refractivity contribution in [1.82, 2.24) is 15.0 Å². The van der Waals surface area contributed by atoms with E-state index in [1.165, 1.54) is 45.9 Å². The minimum Gasteiger partial charge on any atom is -0.455 e. The first-order chi connectivity index (χ1) is 25.3. The molecule has 51 heavy (non-hydrogen) atoms. The zero-order valence-electron chi connectivity index (χ0n) is 27.0. The van der Waals surface area contributed by atoms with E-state index in [1.807, 2.05) is 41.7 Å². The number of rotatable bonds is 4. The topological polar surface area (TPSA) is 51.8 Å². The summed E-state index contributed by atoms with van der Waals surface area (Å²) in [5, 5.41) is 7.13. The quantitative estimate of drug-likeness (QED) is 0.185. The second-order valence-corrected chi connectivity index (χ2v) is 14.8. The van der Waals surface area contributed by atoms with Crippen molar-refractivity contribution in [3.8, 4) is 45.3 Å². The van der Waals surface area contributed by atoms with Crippen LogP contribution in [0.5, 0.6) is 0 Å². The predicted octanol–water partition coefficient (Wildman–Crippen LogP) is 13.2. The van der Waals surface area contributed by atoms with Gasteiger partial charge in [-0.3, -0.25) is 0 Å². The molecule has 11 rings (SSSR count). The molecule has 0 aliphatic carbocycles. The fraction of sp³-hybridized carbons (Fsp3) is 0. The molecule has 4 aromatic heterocycles. The summed E-state index contributed by atoms with van der Waals surface area (Å²) in [5.74, 6) is 1.99. The van der Waals surface area contributed by atoms with Crippen LogP contribution in [0.4, 0.5) is 0 Å². The molecule has 7 aromatic carbocycles. The first kappa shape index (κ1) is 28.6. The summed E-state index contributed by atoms with van der Waals surface area (Å²) in [6, 6.07) is 53.1. The van der Waals surface area contributed by atoms with Gasteiger partial charge in [0, 0.05) is 78.9 Å². The average molecular weight is 688 g/mol. The van der Waals surface area contributed by atoms with Crippen LogP contribution in [-0.2, 0) is 0 Å². The van der Waals surface area contributed by atoms with Gasteiger partial charge in [0.25, 0.3) is 0 Å². The maximum absolute atomic E-state index is 6.46. The van der Waals surface area contributed by atoms with E-state index in [9.17, 15) is 0 Å². The maximum atomic E-state index is 6.46. The molecule has 0 spiro atoms. The van der Waals surface area contributed by atoms with Gasteiger partial charge in [0.15, 0.2) is 17.5 Å². The van der Waals surface area contributed by atoms with E-state index in [0.29, 0.717) is 17.5 Å². The van der Waals surface area contributed by atoms with Gasteiger partial charge in [0.2, 0.25) is 0 Å². The molecular formula is C45H25N3OS2. The average Bonchev–Trinajstić information content (AvgIpc) is 3.89. The van der Waals surface area contributed by atoms with Gasteiger partial charge in [-0.2, -0.15) is 0 Å². The highest BCUT2D eigenvalue weighted by atomic mass is 32.1. The monoisotopic (exact) mass is 687 g/mol. The third-order valence-electron chi connectivity index (χ3n) is 9.76. The Kier molecular flexibility index (Phi) is 6.26. The molecule has 238 valence electrons. The molecule has 0 amide bonds. The molecule has 4 heterocycles. The Labute approximate surface area is 299 Å². The summed E-state index contributed by atoms with van der Waals surface area (Å²) in [7, 11) is 0. The van der Waals surface area contributed by atoms with Crippen molar-refractivity contribution in [3.63, 3.8) is 0 Å². The fourth-order valence-corrected chi connectivity index (χ4v) is 9.80. The third kappa shape index (κ3) is 4.47. The lowest BCUT2D eigenvalue weighted by atomic mass is 10.00. The smallest absolute Gasteiger partial charge is 0.165 e. The van der Waals surface area contributed by atoms with Gasteiger partial charge in [-0.25, -0.2) is 15.0 Å². The highest BCUT2D eigenvalue weighted by Gasteiger charge is 2.19. The summed E-state index contributed by atoms with van der Waals surface area (Å²) in [4.78, 5) is 15.4. The molecule has 0 N–H and O–H groups in total. The molecule has 0 unspecified atom stereocenters. The van der Waals surface area contributed by atoms with Crippen LogP contribution in [-0.4, -0.2) is 15.0 Å². The molecule has 0 saturated carbocycles. The minimum absolute atomic E-state index is 0.654. The van der Waals surface area contributed by atoms with Gasteiger partial charge >= 0.3 is 0 Å². The van der Waals surface area contributed by atoms with Crippen molar-refractivity contribution in [3.05, 3.63) is 152 Å². The second kappa shape index (κ2) is 11.2. The van der Waals surface area contributed by atoms with Crippen LogP contribution < -0.4 is 0 Å². The van der Waals surface area contributed by atoms with Crippen LogP contribution >= 0.6 is 22.7 Å². The Morgan fingerprint density at radius 1 is 0.373 bits per heavy atom. The lowest BCUT2D eigenvalue weighted by Crippen LogP contribution is -2.00. The van der Waals surface area contributed by atoms with Gasteiger partial charge in [-0.15, -0.1) is 22.7 Å². The van der Waals surface area contributed by atoms with Crippen molar-refractivity contribution < 1.29 is 4.42 Å². The van der Waals surface area contributed by atoms with E-state index in [2.05, 4.69) is 121 Å². The standard InChI is InChI=1S/C45H25N3OS2/c1-2-11-26(12-3-1)43-46-44(48-45(47-43)35-20-10-17-32-29-14-5-7-22-38(29)50-42(32)35)27-23-24-39-36(25-27)34-19-9-18-33(41(34)51-39)31-16-8-15-30-28-13-4-6-21-37(28)49-40(30)31/h1-25H. The third-order valence-corrected chi connectivity index (χ3v) is 12.2. The summed E-state index contributed by atoms with van der Waals surface area (Å²) in [6.07, 6.45) is 0. The van der Waals surface area contributed by atoms with Crippen LogP contribution in [0.2, 0.25) is 0 Å². The van der Waals surface area contributed by atoms with Crippen molar-refractivity contribution >= 4 is 85.0 Å². The lowest BCUT2D eigenvalue weighted by Gasteiger charge is -2.09. The number of thiophene rings is 2. The van der Waals surface area contributed by atoms with Gasteiger partial charge in [-0.05, 0) is 36.4 Å². The molecule has 11 aromatic rings. The molecule has 0 radical (unpaired) electrons.